The molecule has 116 valence electrons. The molecule has 0 atom stereocenters. The summed E-state index contributed by atoms with van der Waals surface area (Å²) in [6.07, 6.45) is 2.63. The van der Waals surface area contributed by atoms with Gasteiger partial charge in [-0.2, -0.15) is 0 Å². The van der Waals surface area contributed by atoms with Crippen molar-refractivity contribution in [3.05, 3.63) is 35.4 Å². The van der Waals surface area contributed by atoms with Gasteiger partial charge in [-0.25, -0.2) is 4.79 Å². The van der Waals surface area contributed by atoms with Crippen LogP contribution in [0.4, 0.5) is 0 Å². The van der Waals surface area contributed by atoms with Crippen LogP contribution in [0.25, 0.3) is 0 Å². The Labute approximate surface area is 130 Å². The summed E-state index contributed by atoms with van der Waals surface area (Å²) in [5.74, 6) is -0.631. The Balaban J connectivity index is 0.00000220. The number of aromatic carboxylic acids is 1. The van der Waals surface area contributed by atoms with Crippen molar-refractivity contribution in [2.45, 2.75) is 25.8 Å². The third-order valence-electron chi connectivity index (χ3n) is 3.48. The van der Waals surface area contributed by atoms with Crippen molar-refractivity contribution in [3.63, 3.8) is 0 Å². The van der Waals surface area contributed by atoms with Crippen molar-refractivity contribution in [2.75, 3.05) is 19.6 Å². The summed E-state index contributed by atoms with van der Waals surface area (Å²) < 4.78 is 0. The van der Waals surface area contributed by atoms with Gasteiger partial charge < -0.3 is 15.3 Å². The first kappa shape index (κ1) is 17.5. The first-order valence-electron chi connectivity index (χ1n) is 6.97. The van der Waals surface area contributed by atoms with Gasteiger partial charge in [-0.05, 0) is 37.1 Å². The summed E-state index contributed by atoms with van der Waals surface area (Å²) in [5.41, 5.74) is 1.37. The van der Waals surface area contributed by atoms with E-state index < -0.39 is 5.97 Å². The van der Waals surface area contributed by atoms with Gasteiger partial charge in [0.1, 0.15) is 0 Å². The van der Waals surface area contributed by atoms with E-state index in [9.17, 15) is 9.59 Å². The molecule has 0 saturated carbocycles. The maximum Gasteiger partial charge on any atom is 0.335 e. The molecule has 1 amide bonds. The number of rotatable bonds is 7. The first-order chi connectivity index (χ1) is 9.66. The molecule has 0 aromatic heterocycles. The zero-order chi connectivity index (χ0) is 14.4. The molecule has 1 saturated heterocycles. The molecule has 0 spiro atoms. The van der Waals surface area contributed by atoms with E-state index in [0.717, 1.165) is 38.0 Å². The standard InChI is InChI=1S/C15H20N2O3.ClH/c18-14-3-1-9-17(14)10-2-8-16-11-12-4-6-13(7-5-12)15(19)20;/h4-7,16H,1-3,8-11H2,(H,19,20);1H. The quantitative estimate of drug-likeness (QED) is 0.755. The van der Waals surface area contributed by atoms with Crippen LogP contribution in [-0.2, 0) is 11.3 Å². The summed E-state index contributed by atoms with van der Waals surface area (Å²) in [4.78, 5) is 24.0. The van der Waals surface area contributed by atoms with Crippen molar-refractivity contribution in [1.29, 1.82) is 0 Å². The minimum atomic E-state index is -0.903. The largest absolute Gasteiger partial charge is 0.478 e. The highest BCUT2D eigenvalue weighted by molar-refractivity contribution is 5.87. The highest BCUT2D eigenvalue weighted by Gasteiger charge is 2.18. The number of hydrogen-bond donors (Lipinski definition) is 2. The lowest BCUT2D eigenvalue weighted by Gasteiger charge is -2.15. The molecule has 0 aliphatic carbocycles. The molecule has 1 aliphatic heterocycles. The molecule has 0 radical (unpaired) electrons. The van der Waals surface area contributed by atoms with Crippen molar-refractivity contribution in [3.8, 4) is 0 Å². The number of nitrogens with one attached hydrogen (secondary N) is 1. The number of carbonyl (C=O) groups excluding carboxylic acids is 1. The summed E-state index contributed by atoms with van der Waals surface area (Å²) in [5, 5.41) is 12.1. The minimum Gasteiger partial charge on any atom is -0.478 e. The highest BCUT2D eigenvalue weighted by Crippen LogP contribution is 2.09. The lowest BCUT2D eigenvalue weighted by molar-refractivity contribution is -0.127. The summed E-state index contributed by atoms with van der Waals surface area (Å²) >= 11 is 0. The van der Waals surface area contributed by atoms with Crippen molar-refractivity contribution >= 4 is 24.3 Å². The summed E-state index contributed by atoms with van der Waals surface area (Å²) in [6.45, 7) is 3.29. The zero-order valence-corrected chi connectivity index (χ0v) is 12.7. The summed E-state index contributed by atoms with van der Waals surface area (Å²) in [7, 11) is 0. The third kappa shape index (κ3) is 5.36. The van der Waals surface area contributed by atoms with E-state index in [1.165, 1.54) is 0 Å². The number of halogens is 1. The normalized spacial score (nSPS) is 14.1. The molecule has 21 heavy (non-hydrogen) atoms. The van der Waals surface area contributed by atoms with Crippen LogP contribution in [0.3, 0.4) is 0 Å². The Morgan fingerprint density at radius 2 is 2.00 bits per heavy atom. The van der Waals surface area contributed by atoms with Crippen LogP contribution < -0.4 is 5.32 Å². The Morgan fingerprint density at radius 3 is 2.57 bits per heavy atom. The lowest BCUT2D eigenvalue weighted by atomic mass is 10.1. The maximum atomic E-state index is 11.4. The SMILES string of the molecule is Cl.O=C(O)c1ccc(CNCCCN2CCCC2=O)cc1. The van der Waals surface area contributed by atoms with Gasteiger partial charge in [-0.1, -0.05) is 12.1 Å². The van der Waals surface area contributed by atoms with Crippen LogP contribution in [0.15, 0.2) is 24.3 Å². The van der Waals surface area contributed by atoms with Crippen molar-refractivity contribution in [2.24, 2.45) is 0 Å². The molecule has 1 aliphatic rings. The first-order valence-corrected chi connectivity index (χ1v) is 6.97. The Bertz CT molecular complexity index is 476. The van der Waals surface area contributed by atoms with Gasteiger partial charge in [0.2, 0.25) is 5.91 Å². The molecule has 1 fully saturated rings. The predicted molar refractivity (Wildman–Crippen MR) is 82.8 cm³/mol. The molecule has 5 nitrogen and oxygen atoms in total. The fraction of sp³-hybridized carbons (Fsp3) is 0.467. The van der Waals surface area contributed by atoms with Gasteiger partial charge in [0.25, 0.3) is 0 Å². The van der Waals surface area contributed by atoms with Crippen LogP contribution >= 0.6 is 12.4 Å². The number of nitrogens with zero attached hydrogens (tertiary/aromatic N) is 1. The van der Waals surface area contributed by atoms with E-state index in [4.69, 9.17) is 5.11 Å². The summed E-state index contributed by atoms with van der Waals surface area (Å²) in [6, 6.07) is 6.87. The minimum absolute atomic E-state index is 0. The number of hydrogen-bond acceptors (Lipinski definition) is 3. The maximum absolute atomic E-state index is 11.4. The second kappa shape index (κ2) is 8.64. The lowest BCUT2D eigenvalue weighted by Crippen LogP contribution is -2.28. The molecule has 0 bridgehead atoms. The number of carboxylic acids is 1. The smallest absolute Gasteiger partial charge is 0.335 e. The topological polar surface area (TPSA) is 69.6 Å². The molecule has 1 aromatic rings. The molecule has 0 unspecified atom stereocenters. The average Bonchev–Trinajstić information content (AvgIpc) is 2.84. The van der Waals surface area contributed by atoms with E-state index in [-0.39, 0.29) is 18.3 Å². The molecule has 6 heteroatoms. The van der Waals surface area contributed by atoms with Crippen LogP contribution in [0.1, 0.15) is 35.2 Å². The second-order valence-corrected chi connectivity index (χ2v) is 5.02. The van der Waals surface area contributed by atoms with Gasteiger partial charge in [0, 0.05) is 26.1 Å². The van der Waals surface area contributed by atoms with E-state index in [0.29, 0.717) is 18.5 Å². The molecular formula is C15H21ClN2O3. The van der Waals surface area contributed by atoms with Crippen LogP contribution in [0.2, 0.25) is 0 Å². The molecule has 1 heterocycles. The van der Waals surface area contributed by atoms with Crippen LogP contribution in [0.5, 0.6) is 0 Å². The Kier molecular flexibility index (Phi) is 7.19. The number of carbonyl (C=O) groups is 2. The number of carboxylic acid groups (broad SMARTS) is 1. The monoisotopic (exact) mass is 312 g/mol. The van der Waals surface area contributed by atoms with Gasteiger partial charge in [0.15, 0.2) is 0 Å². The Hall–Kier alpha value is -1.59. The van der Waals surface area contributed by atoms with Gasteiger partial charge in [-0.3, -0.25) is 4.79 Å². The molecular weight excluding hydrogens is 292 g/mol. The van der Waals surface area contributed by atoms with Gasteiger partial charge >= 0.3 is 5.97 Å². The van der Waals surface area contributed by atoms with Crippen molar-refractivity contribution < 1.29 is 14.7 Å². The average molecular weight is 313 g/mol. The Morgan fingerprint density at radius 1 is 1.29 bits per heavy atom. The van der Waals surface area contributed by atoms with E-state index >= 15 is 0 Å². The fourth-order valence-corrected chi connectivity index (χ4v) is 2.33. The van der Waals surface area contributed by atoms with Crippen molar-refractivity contribution in [1.82, 2.24) is 10.2 Å². The zero-order valence-electron chi connectivity index (χ0n) is 11.9. The van der Waals surface area contributed by atoms with E-state index in [1.54, 1.807) is 12.1 Å². The molecule has 2 rings (SSSR count). The number of amides is 1. The van der Waals surface area contributed by atoms with Crippen LogP contribution in [-0.4, -0.2) is 41.5 Å². The molecule has 1 aromatic carbocycles. The van der Waals surface area contributed by atoms with Gasteiger partial charge in [0.05, 0.1) is 5.56 Å². The van der Waals surface area contributed by atoms with E-state index in [1.807, 2.05) is 17.0 Å². The third-order valence-corrected chi connectivity index (χ3v) is 3.48. The van der Waals surface area contributed by atoms with Crippen LogP contribution in [0, 0.1) is 0 Å². The van der Waals surface area contributed by atoms with Gasteiger partial charge in [-0.15, -0.1) is 12.4 Å². The highest BCUT2D eigenvalue weighted by atomic mass is 35.5. The number of likely N-dealkylation sites (tertiary alicyclic amines) is 1. The fourth-order valence-electron chi connectivity index (χ4n) is 2.33. The second-order valence-electron chi connectivity index (χ2n) is 5.02. The van der Waals surface area contributed by atoms with E-state index in [2.05, 4.69) is 5.32 Å². The predicted octanol–water partition coefficient (Wildman–Crippen LogP) is 1.91. The number of benzene rings is 1. The molecule has 2 N–H and O–H groups in total.